The third kappa shape index (κ3) is 10.5. The molecule has 178 valence electrons. The summed E-state index contributed by atoms with van der Waals surface area (Å²) in [5, 5.41) is 18.8. The molecule has 0 aromatic heterocycles. The number of Topliss-reactive ketones (excluding diaryl/α,β-unsaturated/α-hetero) is 2. The summed E-state index contributed by atoms with van der Waals surface area (Å²) in [7, 11) is 0. The predicted molar refractivity (Wildman–Crippen MR) is 115 cm³/mol. The van der Waals surface area contributed by atoms with Gasteiger partial charge in [0.1, 0.15) is 5.78 Å². The van der Waals surface area contributed by atoms with Crippen LogP contribution in [0, 0.1) is 11.8 Å². The number of halogens is 2. The third-order valence-electron chi connectivity index (χ3n) is 6.11. The smallest absolute Gasteiger partial charge is 0.305 e. The number of aliphatic hydroxyl groups excluding tert-OH is 1. The zero-order chi connectivity index (χ0) is 23.3. The van der Waals surface area contributed by atoms with E-state index in [1.165, 1.54) is 0 Å². The Kier molecular flexibility index (Phi) is 12.8. The largest absolute Gasteiger partial charge is 0.481 e. The molecule has 0 aliphatic heterocycles. The van der Waals surface area contributed by atoms with Crippen LogP contribution in [0.15, 0.2) is 12.2 Å². The highest BCUT2D eigenvalue weighted by molar-refractivity contribution is 5.86. The first kappa shape index (κ1) is 27.4. The molecule has 0 saturated heterocycles. The predicted octanol–water partition coefficient (Wildman–Crippen LogP) is 5.49. The SMILES string of the molecule is CCCCCCC(F)(F)C(=O)CC[C@H]1[C@H](O)CC(=O)[C@@H]1CC=CCCCCCC(=O)O. The quantitative estimate of drug-likeness (QED) is 0.229. The molecule has 0 aromatic carbocycles. The van der Waals surface area contributed by atoms with Crippen molar-refractivity contribution in [1.29, 1.82) is 0 Å². The van der Waals surface area contributed by atoms with Gasteiger partial charge in [-0.15, -0.1) is 0 Å². The van der Waals surface area contributed by atoms with E-state index in [1.54, 1.807) is 0 Å². The summed E-state index contributed by atoms with van der Waals surface area (Å²) < 4.78 is 28.2. The monoisotopic (exact) mass is 444 g/mol. The lowest BCUT2D eigenvalue weighted by molar-refractivity contribution is -0.144. The number of hydrogen-bond acceptors (Lipinski definition) is 4. The molecular weight excluding hydrogens is 406 g/mol. The third-order valence-corrected chi connectivity index (χ3v) is 6.11. The number of aliphatic hydroxyl groups is 1. The van der Waals surface area contributed by atoms with Crippen LogP contribution in [0.2, 0.25) is 0 Å². The molecule has 5 nitrogen and oxygen atoms in total. The van der Waals surface area contributed by atoms with Crippen LogP contribution in [-0.2, 0) is 14.4 Å². The van der Waals surface area contributed by atoms with E-state index in [2.05, 4.69) is 0 Å². The molecule has 0 amide bonds. The van der Waals surface area contributed by atoms with E-state index >= 15 is 0 Å². The second-order valence-electron chi connectivity index (χ2n) is 8.69. The molecule has 0 heterocycles. The molecule has 1 saturated carbocycles. The second kappa shape index (κ2) is 14.4. The maximum Gasteiger partial charge on any atom is 0.305 e. The number of rotatable bonds is 17. The normalized spacial score (nSPS) is 21.8. The van der Waals surface area contributed by atoms with E-state index in [0.29, 0.717) is 25.7 Å². The van der Waals surface area contributed by atoms with Crippen LogP contribution < -0.4 is 0 Å². The highest BCUT2D eigenvalue weighted by Gasteiger charge is 2.43. The summed E-state index contributed by atoms with van der Waals surface area (Å²) in [6, 6.07) is 0. The molecule has 2 N–H and O–H groups in total. The van der Waals surface area contributed by atoms with Crippen LogP contribution in [-0.4, -0.2) is 39.8 Å². The highest BCUT2D eigenvalue weighted by atomic mass is 19.3. The maximum atomic E-state index is 14.1. The van der Waals surface area contributed by atoms with Crippen LogP contribution in [0.3, 0.4) is 0 Å². The zero-order valence-corrected chi connectivity index (χ0v) is 18.7. The Morgan fingerprint density at radius 3 is 2.45 bits per heavy atom. The Morgan fingerprint density at radius 1 is 1.06 bits per heavy atom. The number of aliphatic carboxylic acids is 1. The van der Waals surface area contributed by atoms with Crippen molar-refractivity contribution in [2.75, 3.05) is 0 Å². The summed E-state index contributed by atoms with van der Waals surface area (Å²) in [5.74, 6) is -6.21. The maximum absolute atomic E-state index is 14.1. The number of carbonyl (C=O) groups excluding carboxylic acids is 2. The number of allylic oxidation sites excluding steroid dienone is 2. The minimum Gasteiger partial charge on any atom is -0.481 e. The van der Waals surface area contributed by atoms with E-state index in [9.17, 15) is 28.3 Å². The summed E-state index contributed by atoms with van der Waals surface area (Å²) in [6.07, 6.45) is 8.77. The molecule has 1 aliphatic rings. The van der Waals surface area contributed by atoms with Crippen molar-refractivity contribution in [1.82, 2.24) is 0 Å². The molecule has 1 aliphatic carbocycles. The van der Waals surface area contributed by atoms with Gasteiger partial charge in [-0.25, -0.2) is 0 Å². The molecule has 0 unspecified atom stereocenters. The van der Waals surface area contributed by atoms with Crippen molar-refractivity contribution >= 4 is 17.5 Å². The van der Waals surface area contributed by atoms with Crippen molar-refractivity contribution in [3.05, 3.63) is 12.2 Å². The first-order chi connectivity index (χ1) is 14.7. The fourth-order valence-electron chi connectivity index (χ4n) is 4.19. The Morgan fingerprint density at radius 2 is 1.77 bits per heavy atom. The lowest BCUT2D eigenvalue weighted by Gasteiger charge is -2.21. The van der Waals surface area contributed by atoms with E-state index in [1.807, 2.05) is 19.1 Å². The lowest BCUT2D eigenvalue weighted by atomic mass is 9.86. The summed E-state index contributed by atoms with van der Waals surface area (Å²) in [5.41, 5.74) is 0. The first-order valence-electron chi connectivity index (χ1n) is 11.7. The fourth-order valence-corrected chi connectivity index (χ4v) is 4.19. The Balaban J connectivity index is 2.43. The van der Waals surface area contributed by atoms with Gasteiger partial charge in [0, 0.05) is 31.6 Å². The van der Waals surface area contributed by atoms with E-state index in [0.717, 1.165) is 32.1 Å². The van der Waals surface area contributed by atoms with Gasteiger partial charge >= 0.3 is 11.9 Å². The first-order valence-corrected chi connectivity index (χ1v) is 11.7. The van der Waals surface area contributed by atoms with Crippen molar-refractivity contribution in [2.24, 2.45) is 11.8 Å². The van der Waals surface area contributed by atoms with Gasteiger partial charge < -0.3 is 10.2 Å². The topological polar surface area (TPSA) is 91.7 Å². The average molecular weight is 445 g/mol. The molecule has 0 bridgehead atoms. The summed E-state index contributed by atoms with van der Waals surface area (Å²) in [6.45, 7) is 1.99. The Labute approximate surface area is 184 Å². The number of carbonyl (C=O) groups is 3. The Hall–Kier alpha value is -1.63. The number of hydrogen-bond donors (Lipinski definition) is 2. The van der Waals surface area contributed by atoms with E-state index in [4.69, 9.17) is 5.11 Å². The van der Waals surface area contributed by atoms with Crippen molar-refractivity contribution < 1.29 is 33.4 Å². The standard InChI is InChI=1S/C24H38F2O5/c1-2-3-4-11-16-24(25,26)22(29)15-14-19-18(20(27)17-21(19)28)12-9-7-5-6-8-10-13-23(30)31/h7,9,18-19,21,28H,2-6,8,10-17H2,1H3,(H,30,31)/t18-,19-,21-/m1/s1. The second-order valence-corrected chi connectivity index (χ2v) is 8.69. The zero-order valence-electron chi connectivity index (χ0n) is 18.7. The van der Waals surface area contributed by atoms with Gasteiger partial charge in [0.15, 0.2) is 0 Å². The number of carboxylic acid groups (broad SMARTS) is 1. The van der Waals surface area contributed by atoms with E-state index < -0.39 is 42.0 Å². The molecule has 0 aromatic rings. The van der Waals surface area contributed by atoms with Crippen LogP contribution in [0.5, 0.6) is 0 Å². The van der Waals surface area contributed by atoms with Gasteiger partial charge in [-0.05, 0) is 44.4 Å². The van der Waals surface area contributed by atoms with Crippen LogP contribution in [0.4, 0.5) is 8.78 Å². The molecule has 0 radical (unpaired) electrons. The van der Waals surface area contributed by atoms with Gasteiger partial charge in [-0.2, -0.15) is 8.78 Å². The minimum atomic E-state index is -3.34. The lowest BCUT2D eigenvalue weighted by Crippen LogP contribution is -2.30. The molecule has 7 heteroatoms. The van der Waals surface area contributed by atoms with Crippen LogP contribution in [0.25, 0.3) is 0 Å². The number of unbranched alkanes of at least 4 members (excludes halogenated alkanes) is 6. The van der Waals surface area contributed by atoms with Crippen molar-refractivity contribution in [3.8, 4) is 0 Å². The molecular formula is C24H38F2O5. The molecule has 1 fully saturated rings. The van der Waals surface area contributed by atoms with Gasteiger partial charge in [-0.1, -0.05) is 44.8 Å². The fraction of sp³-hybridized carbons (Fsp3) is 0.792. The van der Waals surface area contributed by atoms with Crippen molar-refractivity contribution in [2.45, 2.75) is 109 Å². The summed E-state index contributed by atoms with van der Waals surface area (Å²) >= 11 is 0. The van der Waals surface area contributed by atoms with Gasteiger partial charge in [0.2, 0.25) is 5.78 Å². The van der Waals surface area contributed by atoms with Gasteiger partial charge in [-0.3, -0.25) is 14.4 Å². The number of ketones is 2. The number of carboxylic acids is 1. The van der Waals surface area contributed by atoms with Crippen molar-refractivity contribution in [3.63, 3.8) is 0 Å². The molecule has 31 heavy (non-hydrogen) atoms. The average Bonchev–Trinajstić information content (AvgIpc) is 2.97. The highest BCUT2D eigenvalue weighted by Crippen LogP contribution is 2.36. The van der Waals surface area contributed by atoms with Gasteiger partial charge in [0.25, 0.3) is 0 Å². The minimum absolute atomic E-state index is 0.0139. The molecule has 0 spiro atoms. The van der Waals surface area contributed by atoms with Crippen LogP contribution >= 0.6 is 0 Å². The Bertz CT molecular complexity index is 603. The summed E-state index contributed by atoms with van der Waals surface area (Å²) in [4.78, 5) is 34.7. The number of alkyl halides is 2. The molecule has 3 atom stereocenters. The molecule has 1 rings (SSSR count). The van der Waals surface area contributed by atoms with E-state index in [-0.39, 0.29) is 31.5 Å². The van der Waals surface area contributed by atoms with Gasteiger partial charge in [0.05, 0.1) is 6.10 Å². The van der Waals surface area contributed by atoms with Crippen LogP contribution in [0.1, 0.15) is 96.8 Å².